The topological polar surface area (TPSA) is 32.3 Å². The Morgan fingerprint density at radius 3 is 2.14 bits per heavy atom. The fourth-order valence-corrected chi connectivity index (χ4v) is 2.13. The number of β-amino-alcohol motifs (C(OH)–C–C–N with tert-alkyl or cyclic N) is 1. The van der Waals surface area contributed by atoms with Crippen LogP contribution in [0.4, 0.5) is 0 Å². The Bertz CT molecular complexity index is 205. The highest BCUT2D eigenvalue weighted by Crippen LogP contribution is 2.45. The maximum atomic E-state index is 10.5. The zero-order valence-corrected chi connectivity index (χ0v) is 10.3. The van der Waals surface area contributed by atoms with E-state index in [-0.39, 0.29) is 11.0 Å². The van der Waals surface area contributed by atoms with Crippen LogP contribution in [-0.4, -0.2) is 22.8 Å². The van der Waals surface area contributed by atoms with Gasteiger partial charge in [-0.15, -0.1) is 0 Å². The molecule has 2 heteroatoms. The summed E-state index contributed by atoms with van der Waals surface area (Å²) in [5.41, 5.74) is -0.361. The summed E-state index contributed by atoms with van der Waals surface area (Å²) in [6.45, 7) is 11.5. The molecule has 0 radical (unpaired) electrons. The molecule has 0 aromatic heterocycles. The molecular weight excluding hydrogens is 174 g/mol. The van der Waals surface area contributed by atoms with Crippen LogP contribution in [0.25, 0.3) is 0 Å². The predicted molar refractivity (Wildman–Crippen MR) is 60.3 cm³/mol. The monoisotopic (exact) mass is 199 g/mol. The molecule has 0 spiro atoms. The first-order chi connectivity index (χ1) is 6.16. The van der Waals surface area contributed by atoms with Crippen molar-refractivity contribution in [1.29, 1.82) is 0 Å². The molecule has 0 bridgehead atoms. The first kappa shape index (κ1) is 12.0. The van der Waals surface area contributed by atoms with Crippen molar-refractivity contribution >= 4 is 0 Å². The molecule has 84 valence electrons. The molecule has 2 nitrogen and oxygen atoms in total. The lowest BCUT2D eigenvalue weighted by atomic mass is 9.77. The molecule has 1 saturated carbocycles. The van der Waals surface area contributed by atoms with Crippen molar-refractivity contribution in [3.8, 4) is 0 Å². The van der Waals surface area contributed by atoms with Gasteiger partial charge in [0.05, 0.1) is 5.60 Å². The summed E-state index contributed by atoms with van der Waals surface area (Å²) in [5, 5.41) is 13.9. The lowest BCUT2D eigenvalue weighted by molar-refractivity contribution is -0.0445. The largest absolute Gasteiger partial charge is 0.388 e. The second-order valence-electron chi connectivity index (χ2n) is 6.37. The van der Waals surface area contributed by atoms with E-state index in [0.29, 0.717) is 6.54 Å². The summed E-state index contributed by atoms with van der Waals surface area (Å²) in [4.78, 5) is 0. The van der Waals surface area contributed by atoms with E-state index in [0.717, 1.165) is 19.3 Å². The van der Waals surface area contributed by atoms with Gasteiger partial charge in [-0.05, 0) is 45.4 Å². The average molecular weight is 199 g/mol. The van der Waals surface area contributed by atoms with Crippen molar-refractivity contribution in [2.45, 2.75) is 65.0 Å². The summed E-state index contributed by atoms with van der Waals surface area (Å²) >= 11 is 0. The van der Waals surface area contributed by atoms with Gasteiger partial charge in [-0.3, -0.25) is 0 Å². The van der Waals surface area contributed by atoms with E-state index in [4.69, 9.17) is 0 Å². The van der Waals surface area contributed by atoms with Crippen molar-refractivity contribution in [2.24, 2.45) is 5.41 Å². The van der Waals surface area contributed by atoms with Gasteiger partial charge >= 0.3 is 0 Å². The van der Waals surface area contributed by atoms with Gasteiger partial charge in [-0.25, -0.2) is 0 Å². The number of aliphatic hydroxyl groups is 1. The maximum absolute atomic E-state index is 10.5. The quantitative estimate of drug-likeness (QED) is 0.715. The molecule has 1 atom stereocenters. The predicted octanol–water partition coefficient (Wildman–Crippen LogP) is 2.32. The molecule has 0 aromatic carbocycles. The van der Waals surface area contributed by atoms with Crippen molar-refractivity contribution < 1.29 is 5.11 Å². The zero-order valence-electron chi connectivity index (χ0n) is 10.3. The van der Waals surface area contributed by atoms with E-state index < -0.39 is 5.60 Å². The zero-order chi connectivity index (χ0) is 11.0. The van der Waals surface area contributed by atoms with Gasteiger partial charge in [0.2, 0.25) is 0 Å². The average Bonchev–Trinajstić information content (AvgIpc) is 2.23. The van der Waals surface area contributed by atoms with Gasteiger partial charge in [0, 0.05) is 12.1 Å². The molecule has 0 amide bonds. The molecule has 1 rings (SSSR count). The van der Waals surface area contributed by atoms with Gasteiger partial charge in [0.1, 0.15) is 0 Å². The fraction of sp³-hybridized carbons (Fsp3) is 1.00. The van der Waals surface area contributed by atoms with Crippen molar-refractivity contribution in [3.63, 3.8) is 0 Å². The Kier molecular flexibility index (Phi) is 2.99. The van der Waals surface area contributed by atoms with E-state index in [1.165, 1.54) is 0 Å². The SMILES string of the molecule is CC(C)(C)NCC1(O)CCCC1(C)C. The van der Waals surface area contributed by atoms with E-state index in [1.54, 1.807) is 0 Å². The lowest BCUT2D eigenvalue weighted by Crippen LogP contribution is -2.52. The Morgan fingerprint density at radius 1 is 1.21 bits per heavy atom. The van der Waals surface area contributed by atoms with Crippen LogP contribution in [0.2, 0.25) is 0 Å². The summed E-state index contributed by atoms with van der Waals surface area (Å²) in [6.07, 6.45) is 3.22. The molecule has 0 saturated heterocycles. The van der Waals surface area contributed by atoms with Crippen molar-refractivity contribution in [3.05, 3.63) is 0 Å². The minimum Gasteiger partial charge on any atom is -0.388 e. The minimum atomic E-state index is -0.514. The highest BCUT2D eigenvalue weighted by molar-refractivity contribution is 5.00. The molecule has 0 heterocycles. The molecule has 0 aromatic rings. The molecule has 14 heavy (non-hydrogen) atoms. The maximum Gasteiger partial charge on any atom is 0.0822 e. The summed E-state index contributed by atoms with van der Waals surface area (Å²) < 4.78 is 0. The number of nitrogens with one attached hydrogen (secondary N) is 1. The van der Waals surface area contributed by atoms with E-state index in [2.05, 4.69) is 39.9 Å². The van der Waals surface area contributed by atoms with Crippen LogP contribution in [-0.2, 0) is 0 Å². The second kappa shape index (κ2) is 3.49. The highest BCUT2D eigenvalue weighted by atomic mass is 16.3. The molecule has 1 aliphatic rings. The second-order valence-corrected chi connectivity index (χ2v) is 6.37. The van der Waals surface area contributed by atoms with Crippen LogP contribution in [0.15, 0.2) is 0 Å². The fourth-order valence-electron chi connectivity index (χ4n) is 2.13. The van der Waals surface area contributed by atoms with Crippen LogP contribution in [0.5, 0.6) is 0 Å². The molecule has 0 aliphatic heterocycles. The standard InChI is InChI=1S/C12H25NO/c1-10(2,3)13-9-12(14)8-6-7-11(12,4)5/h13-14H,6-9H2,1-5H3. The Morgan fingerprint density at radius 2 is 1.79 bits per heavy atom. The molecule has 1 fully saturated rings. The van der Waals surface area contributed by atoms with Crippen LogP contribution in [0, 0.1) is 5.41 Å². The van der Waals surface area contributed by atoms with Gasteiger partial charge < -0.3 is 10.4 Å². The molecule has 1 unspecified atom stereocenters. The first-order valence-electron chi connectivity index (χ1n) is 5.64. The van der Waals surface area contributed by atoms with Crippen LogP contribution < -0.4 is 5.32 Å². The Hall–Kier alpha value is -0.0800. The third-order valence-electron chi connectivity index (χ3n) is 3.56. The molecule has 1 aliphatic carbocycles. The van der Waals surface area contributed by atoms with E-state index in [1.807, 2.05) is 0 Å². The highest BCUT2D eigenvalue weighted by Gasteiger charge is 2.47. The number of hydrogen-bond donors (Lipinski definition) is 2. The summed E-state index contributed by atoms with van der Waals surface area (Å²) in [7, 11) is 0. The molecule has 2 N–H and O–H groups in total. The Balaban J connectivity index is 2.58. The van der Waals surface area contributed by atoms with Gasteiger partial charge in [0.15, 0.2) is 0 Å². The molecular formula is C12H25NO. The van der Waals surface area contributed by atoms with Crippen LogP contribution in [0.3, 0.4) is 0 Å². The van der Waals surface area contributed by atoms with Crippen molar-refractivity contribution in [1.82, 2.24) is 5.32 Å². The van der Waals surface area contributed by atoms with Crippen LogP contribution >= 0.6 is 0 Å². The summed E-state index contributed by atoms with van der Waals surface area (Å²) in [6, 6.07) is 0. The minimum absolute atomic E-state index is 0.0608. The smallest absolute Gasteiger partial charge is 0.0822 e. The van der Waals surface area contributed by atoms with E-state index in [9.17, 15) is 5.11 Å². The summed E-state index contributed by atoms with van der Waals surface area (Å²) in [5.74, 6) is 0. The van der Waals surface area contributed by atoms with Gasteiger partial charge in [0.25, 0.3) is 0 Å². The Labute approximate surface area is 88.1 Å². The third kappa shape index (κ3) is 2.48. The van der Waals surface area contributed by atoms with Gasteiger partial charge in [-0.2, -0.15) is 0 Å². The van der Waals surface area contributed by atoms with Crippen molar-refractivity contribution in [2.75, 3.05) is 6.54 Å². The number of rotatable bonds is 2. The number of hydrogen-bond acceptors (Lipinski definition) is 2. The lowest BCUT2D eigenvalue weighted by Gasteiger charge is -2.39. The first-order valence-corrected chi connectivity index (χ1v) is 5.64. The van der Waals surface area contributed by atoms with Gasteiger partial charge in [-0.1, -0.05) is 13.8 Å². The third-order valence-corrected chi connectivity index (χ3v) is 3.56. The van der Waals surface area contributed by atoms with Crippen LogP contribution in [0.1, 0.15) is 53.9 Å². The van der Waals surface area contributed by atoms with E-state index >= 15 is 0 Å². The normalized spacial score (nSPS) is 32.1.